The number of carbonyl (C=O) groups excluding carboxylic acids is 2. The number of aliphatic imine (C=N–C) groups is 1. The number of rotatable bonds is 6. The second-order valence-electron chi connectivity index (χ2n) is 8.82. The molecule has 0 aliphatic carbocycles. The number of thioether (sulfide) groups is 1. The van der Waals surface area contributed by atoms with Gasteiger partial charge in [-0.05, 0) is 98.0 Å². The summed E-state index contributed by atoms with van der Waals surface area (Å²) >= 11 is 1.24. The lowest BCUT2D eigenvalue weighted by atomic mass is 10.1. The van der Waals surface area contributed by atoms with Crippen LogP contribution in [0.3, 0.4) is 0 Å². The van der Waals surface area contributed by atoms with Gasteiger partial charge in [0.2, 0.25) is 5.91 Å². The van der Waals surface area contributed by atoms with Gasteiger partial charge in [-0.1, -0.05) is 36.0 Å². The molecule has 1 heterocycles. The maximum Gasteiger partial charge on any atom is 0.283 e. The lowest BCUT2D eigenvalue weighted by Gasteiger charge is -2.19. The average Bonchev–Trinajstić information content (AvgIpc) is 3.15. The second-order valence-corrected chi connectivity index (χ2v) is 9.76. The highest BCUT2D eigenvalue weighted by atomic mass is 32.2. The standard InChI is InChI=1S/C29H29N3O3S/c1-18-12-19(2)14-24(13-18)32-28(34)26(16-22-7-10-25(35-5)11-8-22)31-29(32)36-17-27(33)30-23-9-6-20(3)21(4)15-23/h6-16H,17H2,1-5H3,(H,30,33)/b26-16-. The maximum absolute atomic E-state index is 13.5. The fourth-order valence-corrected chi connectivity index (χ4v) is 4.72. The molecule has 1 N–H and O–H groups in total. The summed E-state index contributed by atoms with van der Waals surface area (Å²) in [4.78, 5) is 32.4. The molecule has 36 heavy (non-hydrogen) atoms. The Hall–Kier alpha value is -3.84. The van der Waals surface area contributed by atoms with Crippen molar-refractivity contribution in [2.75, 3.05) is 23.1 Å². The molecule has 2 amide bonds. The molecule has 0 saturated carbocycles. The number of anilines is 2. The molecule has 184 valence electrons. The SMILES string of the molecule is COc1ccc(/C=C2\N=C(SCC(=O)Nc3ccc(C)c(C)c3)N(c3cc(C)cc(C)c3)C2=O)cc1. The minimum absolute atomic E-state index is 0.121. The molecule has 4 rings (SSSR count). The van der Waals surface area contributed by atoms with Gasteiger partial charge in [0.15, 0.2) is 5.17 Å². The van der Waals surface area contributed by atoms with Crippen LogP contribution in [0.1, 0.15) is 27.8 Å². The fraction of sp³-hybridized carbons (Fsp3) is 0.207. The number of methoxy groups -OCH3 is 1. The normalized spacial score (nSPS) is 14.2. The summed E-state index contributed by atoms with van der Waals surface area (Å²) in [7, 11) is 1.61. The number of carbonyl (C=O) groups is 2. The van der Waals surface area contributed by atoms with Crippen molar-refractivity contribution in [3.63, 3.8) is 0 Å². The van der Waals surface area contributed by atoms with E-state index in [1.165, 1.54) is 17.3 Å². The lowest BCUT2D eigenvalue weighted by molar-refractivity contribution is -0.114. The van der Waals surface area contributed by atoms with Crippen LogP contribution in [0.2, 0.25) is 0 Å². The van der Waals surface area contributed by atoms with Crippen LogP contribution in [0.4, 0.5) is 11.4 Å². The van der Waals surface area contributed by atoms with Crippen molar-refractivity contribution in [2.24, 2.45) is 4.99 Å². The number of nitrogens with one attached hydrogen (secondary N) is 1. The van der Waals surface area contributed by atoms with Crippen LogP contribution in [0.25, 0.3) is 6.08 Å². The van der Waals surface area contributed by atoms with Crippen LogP contribution in [-0.2, 0) is 9.59 Å². The topological polar surface area (TPSA) is 71.0 Å². The average molecular weight is 500 g/mol. The van der Waals surface area contributed by atoms with Crippen molar-refractivity contribution in [1.29, 1.82) is 0 Å². The third-order valence-electron chi connectivity index (χ3n) is 5.84. The molecule has 3 aromatic carbocycles. The third kappa shape index (κ3) is 5.86. The van der Waals surface area contributed by atoms with Crippen LogP contribution < -0.4 is 15.0 Å². The Morgan fingerprint density at radius 3 is 2.31 bits per heavy atom. The number of aryl methyl sites for hydroxylation is 4. The predicted octanol–water partition coefficient (Wildman–Crippen LogP) is 6.04. The van der Waals surface area contributed by atoms with E-state index in [9.17, 15) is 9.59 Å². The Bertz CT molecular complexity index is 1360. The van der Waals surface area contributed by atoms with E-state index in [1.807, 2.05) is 82.3 Å². The number of hydrogen-bond acceptors (Lipinski definition) is 5. The molecular formula is C29H29N3O3S. The van der Waals surface area contributed by atoms with Gasteiger partial charge in [0.25, 0.3) is 5.91 Å². The minimum atomic E-state index is -0.229. The van der Waals surface area contributed by atoms with Gasteiger partial charge in [0, 0.05) is 5.69 Å². The van der Waals surface area contributed by atoms with Crippen LogP contribution in [0.5, 0.6) is 5.75 Å². The molecule has 0 saturated heterocycles. The van der Waals surface area contributed by atoms with Gasteiger partial charge in [-0.2, -0.15) is 0 Å². The van der Waals surface area contributed by atoms with E-state index in [-0.39, 0.29) is 17.6 Å². The first kappa shape index (κ1) is 25.3. The lowest BCUT2D eigenvalue weighted by Crippen LogP contribution is -2.31. The van der Waals surface area contributed by atoms with Crippen LogP contribution in [-0.4, -0.2) is 29.8 Å². The van der Waals surface area contributed by atoms with Gasteiger partial charge in [-0.15, -0.1) is 0 Å². The van der Waals surface area contributed by atoms with Crippen molar-refractivity contribution in [2.45, 2.75) is 27.7 Å². The molecule has 0 aromatic heterocycles. The van der Waals surface area contributed by atoms with E-state index in [0.29, 0.717) is 10.9 Å². The van der Waals surface area contributed by atoms with Crippen molar-refractivity contribution < 1.29 is 14.3 Å². The van der Waals surface area contributed by atoms with Gasteiger partial charge in [0.1, 0.15) is 11.4 Å². The first-order valence-electron chi connectivity index (χ1n) is 11.6. The number of nitrogens with zero attached hydrogens (tertiary/aromatic N) is 2. The Morgan fingerprint density at radius 2 is 1.67 bits per heavy atom. The van der Waals surface area contributed by atoms with E-state index in [2.05, 4.69) is 16.4 Å². The quantitative estimate of drug-likeness (QED) is 0.420. The van der Waals surface area contributed by atoms with E-state index >= 15 is 0 Å². The van der Waals surface area contributed by atoms with Crippen LogP contribution >= 0.6 is 11.8 Å². The molecule has 3 aromatic rings. The second kappa shape index (κ2) is 10.8. The Kier molecular flexibility index (Phi) is 7.60. The van der Waals surface area contributed by atoms with Gasteiger partial charge < -0.3 is 10.1 Å². The summed E-state index contributed by atoms with van der Waals surface area (Å²) in [5.41, 5.74) is 7.00. The van der Waals surface area contributed by atoms with Gasteiger partial charge in [0.05, 0.1) is 18.6 Å². The predicted molar refractivity (Wildman–Crippen MR) is 149 cm³/mol. The minimum Gasteiger partial charge on any atom is -0.497 e. The molecular weight excluding hydrogens is 470 g/mol. The number of benzene rings is 3. The molecule has 7 heteroatoms. The van der Waals surface area contributed by atoms with Crippen molar-refractivity contribution >= 4 is 46.2 Å². The van der Waals surface area contributed by atoms with Crippen molar-refractivity contribution in [1.82, 2.24) is 0 Å². The molecule has 0 spiro atoms. The van der Waals surface area contributed by atoms with Crippen molar-refractivity contribution in [3.05, 3.63) is 94.2 Å². The number of ether oxygens (including phenoxy) is 1. The van der Waals surface area contributed by atoms with Gasteiger partial charge in [-0.25, -0.2) is 4.99 Å². The highest BCUT2D eigenvalue weighted by Crippen LogP contribution is 2.31. The molecule has 1 aliphatic heterocycles. The van der Waals surface area contributed by atoms with E-state index in [1.54, 1.807) is 18.1 Å². The molecule has 0 radical (unpaired) electrons. The maximum atomic E-state index is 13.5. The van der Waals surface area contributed by atoms with Gasteiger partial charge in [-0.3, -0.25) is 14.5 Å². The van der Waals surface area contributed by atoms with Crippen molar-refractivity contribution in [3.8, 4) is 5.75 Å². The Morgan fingerprint density at radius 1 is 0.972 bits per heavy atom. The summed E-state index contributed by atoms with van der Waals surface area (Å²) in [6, 6.07) is 19.2. The van der Waals surface area contributed by atoms with E-state index < -0.39 is 0 Å². The highest BCUT2D eigenvalue weighted by molar-refractivity contribution is 8.14. The third-order valence-corrected chi connectivity index (χ3v) is 6.78. The Labute approximate surface area is 216 Å². The summed E-state index contributed by atoms with van der Waals surface area (Å²) in [5, 5.41) is 3.41. The summed E-state index contributed by atoms with van der Waals surface area (Å²) in [5.74, 6) is 0.469. The Balaban J connectivity index is 1.59. The van der Waals surface area contributed by atoms with E-state index in [0.717, 1.165) is 39.4 Å². The zero-order chi connectivity index (χ0) is 25.8. The number of amides is 2. The molecule has 0 fully saturated rings. The smallest absolute Gasteiger partial charge is 0.283 e. The molecule has 0 unspecified atom stereocenters. The first-order chi connectivity index (χ1) is 17.2. The summed E-state index contributed by atoms with van der Waals surface area (Å²) < 4.78 is 5.22. The largest absolute Gasteiger partial charge is 0.497 e. The summed E-state index contributed by atoms with van der Waals surface area (Å²) in [6.45, 7) is 8.03. The van der Waals surface area contributed by atoms with Gasteiger partial charge >= 0.3 is 0 Å². The summed E-state index contributed by atoms with van der Waals surface area (Å²) in [6.07, 6.45) is 1.75. The molecule has 0 bridgehead atoms. The highest BCUT2D eigenvalue weighted by Gasteiger charge is 2.32. The van der Waals surface area contributed by atoms with E-state index in [4.69, 9.17) is 4.74 Å². The number of hydrogen-bond donors (Lipinski definition) is 1. The molecule has 1 aliphatic rings. The molecule has 6 nitrogen and oxygen atoms in total. The number of amidine groups is 1. The van der Waals surface area contributed by atoms with Crippen LogP contribution in [0, 0.1) is 27.7 Å². The zero-order valence-electron chi connectivity index (χ0n) is 21.1. The molecule has 0 atom stereocenters. The van der Waals surface area contributed by atoms with Crippen LogP contribution in [0.15, 0.2) is 71.4 Å². The zero-order valence-corrected chi connectivity index (χ0v) is 21.9. The first-order valence-corrected chi connectivity index (χ1v) is 12.6. The fourth-order valence-electron chi connectivity index (χ4n) is 3.90. The monoisotopic (exact) mass is 499 g/mol.